The summed E-state index contributed by atoms with van der Waals surface area (Å²) >= 11 is 0. The number of carbonyl (C=O) groups is 1. The van der Waals surface area contributed by atoms with Crippen LogP contribution in [0.2, 0.25) is 0 Å². The molecule has 1 aliphatic carbocycles. The minimum Gasteiger partial charge on any atom is -0.492 e. The number of fused-ring (bicyclic) bond motifs is 1. The quantitative estimate of drug-likeness (QED) is 0.656. The minimum absolute atomic E-state index is 0.0378. The third-order valence-electron chi connectivity index (χ3n) is 5.65. The van der Waals surface area contributed by atoms with Crippen molar-refractivity contribution in [2.24, 2.45) is 0 Å². The summed E-state index contributed by atoms with van der Waals surface area (Å²) in [4.78, 5) is 30.9. The first-order valence-electron chi connectivity index (χ1n) is 11.5. The van der Waals surface area contributed by atoms with Gasteiger partial charge in [0.05, 0.1) is 12.2 Å². The van der Waals surface area contributed by atoms with Crippen molar-refractivity contribution in [1.82, 2.24) is 25.2 Å². The molecule has 1 aliphatic rings. The molecule has 0 unspecified atom stereocenters. The van der Waals surface area contributed by atoms with E-state index in [9.17, 15) is 4.79 Å². The maximum Gasteiger partial charge on any atom is 0.239 e. The van der Waals surface area contributed by atoms with Gasteiger partial charge < -0.3 is 19.9 Å². The second-order valence-corrected chi connectivity index (χ2v) is 10.8. The van der Waals surface area contributed by atoms with Gasteiger partial charge in [-0.05, 0) is 59.2 Å². The molecule has 0 bridgehead atoms. The van der Waals surface area contributed by atoms with Crippen molar-refractivity contribution in [1.29, 1.82) is 0 Å². The Balaban J connectivity index is 1.93. The summed E-state index contributed by atoms with van der Waals surface area (Å²) in [5, 5.41) is 3.03. The monoisotopic (exact) mass is 454 g/mol. The van der Waals surface area contributed by atoms with Gasteiger partial charge in [-0.1, -0.05) is 13.8 Å². The lowest BCUT2D eigenvalue weighted by atomic mass is 9.87. The molecule has 0 spiro atoms. The fourth-order valence-corrected chi connectivity index (χ4v) is 4.03. The van der Waals surface area contributed by atoms with Crippen LogP contribution in [0.4, 0.5) is 5.82 Å². The van der Waals surface area contributed by atoms with Crippen molar-refractivity contribution in [2.45, 2.75) is 58.4 Å². The number of pyridine rings is 1. The number of amides is 1. The number of rotatable bonds is 8. The molecule has 0 saturated heterocycles. The fraction of sp³-hybridized carbons (Fsp3) is 0.600. The van der Waals surface area contributed by atoms with Gasteiger partial charge in [0.2, 0.25) is 5.91 Å². The number of carbonyl (C=O) groups excluding carboxylic acids is 1. The van der Waals surface area contributed by atoms with E-state index in [2.05, 4.69) is 29.0 Å². The maximum absolute atomic E-state index is 12.6. The summed E-state index contributed by atoms with van der Waals surface area (Å²) in [7, 11) is 5.94. The highest BCUT2D eigenvalue weighted by Crippen LogP contribution is 2.43. The number of ether oxygens (including phenoxy) is 1. The van der Waals surface area contributed by atoms with Crippen molar-refractivity contribution < 1.29 is 9.53 Å². The van der Waals surface area contributed by atoms with Gasteiger partial charge in [-0.2, -0.15) is 0 Å². The zero-order chi connectivity index (χ0) is 24.4. The van der Waals surface area contributed by atoms with Gasteiger partial charge >= 0.3 is 0 Å². The Morgan fingerprint density at radius 3 is 2.61 bits per heavy atom. The predicted octanol–water partition coefficient (Wildman–Crippen LogP) is 3.05. The summed E-state index contributed by atoms with van der Waals surface area (Å²) in [6.07, 6.45) is 3.60. The number of nitrogens with one attached hydrogen (secondary N) is 1. The van der Waals surface area contributed by atoms with Crippen LogP contribution in [0.1, 0.15) is 52.3 Å². The average molecular weight is 455 g/mol. The average Bonchev–Trinajstić information content (AvgIpc) is 3.00. The number of aryl methyl sites for hydroxylation is 1. The van der Waals surface area contributed by atoms with Crippen molar-refractivity contribution in [2.75, 3.05) is 45.7 Å². The van der Waals surface area contributed by atoms with E-state index in [1.807, 2.05) is 58.9 Å². The van der Waals surface area contributed by atoms with Gasteiger partial charge in [0.1, 0.15) is 23.9 Å². The first-order valence-corrected chi connectivity index (χ1v) is 11.5. The van der Waals surface area contributed by atoms with Crippen molar-refractivity contribution in [3.63, 3.8) is 0 Å². The third-order valence-corrected chi connectivity index (χ3v) is 5.65. The summed E-state index contributed by atoms with van der Waals surface area (Å²) < 4.78 is 5.88. The highest BCUT2D eigenvalue weighted by atomic mass is 16.5. The van der Waals surface area contributed by atoms with E-state index >= 15 is 0 Å². The lowest BCUT2D eigenvalue weighted by Gasteiger charge is -2.28. The van der Waals surface area contributed by atoms with Gasteiger partial charge in [0.15, 0.2) is 5.82 Å². The molecule has 0 aliphatic heterocycles. The van der Waals surface area contributed by atoms with E-state index in [0.29, 0.717) is 18.1 Å². The van der Waals surface area contributed by atoms with Crippen molar-refractivity contribution >= 4 is 11.7 Å². The molecule has 1 amide bonds. The highest BCUT2D eigenvalue weighted by Gasteiger charge is 2.36. The molecule has 0 aromatic carbocycles. The summed E-state index contributed by atoms with van der Waals surface area (Å²) in [6.45, 7) is 12.0. The molecule has 0 fully saturated rings. The SMILES string of the molecule is CN(C)CCOc1ccnc(-c2nc3c(c(N(C)CC(=O)NC(C)(C)C)n2)C(C)(C)CC3)c1. The molecule has 8 heteroatoms. The van der Waals surface area contributed by atoms with Gasteiger partial charge in [0.25, 0.3) is 0 Å². The molecular weight excluding hydrogens is 416 g/mol. The molecular formula is C25H38N6O2. The van der Waals surface area contributed by atoms with Crippen LogP contribution >= 0.6 is 0 Å². The molecule has 33 heavy (non-hydrogen) atoms. The molecule has 3 rings (SSSR count). The smallest absolute Gasteiger partial charge is 0.239 e. The molecule has 2 aromatic heterocycles. The van der Waals surface area contributed by atoms with Crippen LogP contribution in [0.15, 0.2) is 18.3 Å². The summed E-state index contributed by atoms with van der Waals surface area (Å²) in [5.41, 5.74) is 2.48. The number of aromatic nitrogens is 3. The zero-order valence-corrected chi connectivity index (χ0v) is 21.3. The van der Waals surface area contributed by atoms with E-state index in [0.717, 1.165) is 42.2 Å². The first kappa shape index (κ1) is 24.9. The number of nitrogens with zero attached hydrogens (tertiary/aromatic N) is 5. The van der Waals surface area contributed by atoms with Gasteiger partial charge in [-0.15, -0.1) is 0 Å². The zero-order valence-electron chi connectivity index (χ0n) is 21.3. The first-order chi connectivity index (χ1) is 15.4. The third kappa shape index (κ3) is 6.41. The van der Waals surface area contributed by atoms with Crippen LogP contribution in [-0.2, 0) is 16.6 Å². The Labute approximate surface area is 197 Å². The van der Waals surface area contributed by atoms with E-state index < -0.39 is 0 Å². The van der Waals surface area contributed by atoms with E-state index in [1.165, 1.54) is 0 Å². The standard InChI is InChI=1S/C25H38N6O2/c1-24(2,3)29-20(32)16-31(8)23-21-18(9-11-25(21,4)5)27-22(28-23)19-15-17(10-12-26-19)33-14-13-30(6)7/h10,12,15H,9,11,13-14,16H2,1-8H3,(H,29,32). The number of hydrogen-bond donors (Lipinski definition) is 1. The Kier molecular flexibility index (Phi) is 7.26. The second kappa shape index (κ2) is 9.63. The Bertz CT molecular complexity index is 997. The Hall–Kier alpha value is -2.74. The molecule has 8 nitrogen and oxygen atoms in total. The van der Waals surface area contributed by atoms with Gasteiger partial charge in [-0.3, -0.25) is 9.78 Å². The normalized spacial score (nSPS) is 14.8. The number of likely N-dealkylation sites (N-methyl/N-ethyl adjacent to an activating group) is 2. The molecule has 0 saturated carbocycles. The molecule has 2 aromatic rings. The predicted molar refractivity (Wildman–Crippen MR) is 132 cm³/mol. The number of hydrogen-bond acceptors (Lipinski definition) is 7. The van der Waals surface area contributed by atoms with Gasteiger partial charge in [-0.25, -0.2) is 9.97 Å². The van der Waals surface area contributed by atoms with E-state index in [-0.39, 0.29) is 23.4 Å². The second-order valence-electron chi connectivity index (χ2n) is 10.8. The summed E-state index contributed by atoms with van der Waals surface area (Å²) in [5.74, 6) is 2.06. The lowest BCUT2D eigenvalue weighted by Crippen LogP contribution is -2.45. The molecule has 2 heterocycles. The van der Waals surface area contributed by atoms with Crippen molar-refractivity contribution in [3.8, 4) is 17.3 Å². The molecule has 1 N–H and O–H groups in total. The van der Waals surface area contributed by atoms with Crippen LogP contribution in [0.5, 0.6) is 5.75 Å². The topological polar surface area (TPSA) is 83.5 Å². The fourth-order valence-electron chi connectivity index (χ4n) is 4.03. The molecule has 0 atom stereocenters. The molecule has 0 radical (unpaired) electrons. The Morgan fingerprint density at radius 1 is 1.21 bits per heavy atom. The van der Waals surface area contributed by atoms with Crippen molar-refractivity contribution in [3.05, 3.63) is 29.6 Å². The van der Waals surface area contributed by atoms with Crippen LogP contribution in [0.25, 0.3) is 11.5 Å². The van der Waals surface area contributed by atoms with Crippen LogP contribution < -0.4 is 15.0 Å². The van der Waals surface area contributed by atoms with E-state index in [4.69, 9.17) is 14.7 Å². The number of anilines is 1. The van der Waals surface area contributed by atoms with Gasteiger partial charge in [0, 0.05) is 37.0 Å². The van der Waals surface area contributed by atoms with Crippen LogP contribution in [-0.4, -0.2) is 72.1 Å². The summed E-state index contributed by atoms with van der Waals surface area (Å²) in [6, 6.07) is 3.73. The maximum atomic E-state index is 12.6. The molecule has 180 valence electrons. The van der Waals surface area contributed by atoms with Crippen LogP contribution in [0, 0.1) is 0 Å². The highest BCUT2D eigenvalue weighted by molar-refractivity contribution is 5.82. The largest absolute Gasteiger partial charge is 0.492 e. The Morgan fingerprint density at radius 2 is 1.94 bits per heavy atom. The van der Waals surface area contributed by atoms with Crippen LogP contribution in [0.3, 0.4) is 0 Å². The van der Waals surface area contributed by atoms with E-state index in [1.54, 1.807) is 6.20 Å². The minimum atomic E-state index is -0.285. The lowest BCUT2D eigenvalue weighted by molar-refractivity contribution is -0.121.